The van der Waals surface area contributed by atoms with Crippen LogP contribution in [0.25, 0.3) is 5.69 Å². The Labute approximate surface area is 143 Å². The van der Waals surface area contributed by atoms with Gasteiger partial charge >= 0.3 is 5.97 Å². The number of hydrogen-bond acceptors (Lipinski definition) is 7. The van der Waals surface area contributed by atoms with Gasteiger partial charge in [-0.25, -0.2) is 4.79 Å². The first-order valence-corrected chi connectivity index (χ1v) is 8.23. The highest BCUT2D eigenvalue weighted by Crippen LogP contribution is 2.25. The quantitative estimate of drug-likeness (QED) is 0.520. The van der Waals surface area contributed by atoms with Crippen LogP contribution in [0.2, 0.25) is 0 Å². The normalized spacial score (nSPS) is 10.8. The van der Waals surface area contributed by atoms with E-state index in [0.29, 0.717) is 16.7 Å². The number of hydrogen-bond donors (Lipinski definition) is 0. The molecule has 0 saturated heterocycles. The second-order valence-electron chi connectivity index (χ2n) is 5.14. The van der Waals surface area contributed by atoms with E-state index >= 15 is 0 Å². The van der Waals surface area contributed by atoms with Crippen LogP contribution in [-0.2, 0) is 10.5 Å². The molecule has 3 rings (SSSR count). The number of ether oxygens (including phenoxy) is 1. The number of carbonyl (C=O) groups excluding carboxylic acids is 1. The van der Waals surface area contributed by atoms with Crippen molar-refractivity contribution in [2.75, 3.05) is 7.11 Å². The molecule has 0 aliphatic rings. The highest BCUT2D eigenvalue weighted by Gasteiger charge is 2.15. The maximum absolute atomic E-state index is 11.4. The predicted octanol–water partition coefficient (Wildman–Crippen LogP) is 2.95. The Morgan fingerprint density at radius 2 is 2.12 bits per heavy atom. The molecule has 0 aliphatic heterocycles. The zero-order valence-electron chi connectivity index (χ0n) is 13.5. The average Bonchev–Trinajstić information content (AvgIpc) is 3.24. The summed E-state index contributed by atoms with van der Waals surface area (Å²) in [7, 11) is 1.32. The van der Waals surface area contributed by atoms with Crippen LogP contribution in [0.1, 0.15) is 27.4 Å². The first kappa shape index (κ1) is 16.3. The smallest absolute Gasteiger partial charge is 0.373 e. The molecule has 0 bridgehead atoms. The molecule has 0 spiro atoms. The van der Waals surface area contributed by atoms with E-state index in [4.69, 9.17) is 4.42 Å². The number of nitrogens with zero attached hydrogens (tertiary/aromatic N) is 4. The lowest BCUT2D eigenvalue weighted by Gasteiger charge is -2.09. The van der Waals surface area contributed by atoms with Crippen LogP contribution in [0.4, 0.5) is 0 Å². The van der Waals surface area contributed by atoms with Gasteiger partial charge in [0.2, 0.25) is 10.9 Å². The van der Waals surface area contributed by atoms with Gasteiger partial charge in [-0.15, -0.1) is 5.10 Å². The SMILES string of the molecule is COC(=O)c1ccc(CSc2nnnn2-c2cccc(C)c2C)o1. The number of aryl methyl sites for hydroxylation is 1. The van der Waals surface area contributed by atoms with E-state index in [1.54, 1.807) is 16.8 Å². The Balaban J connectivity index is 1.78. The lowest BCUT2D eigenvalue weighted by Crippen LogP contribution is -2.02. The summed E-state index contributed by atoms with van der Waals surface area (Å²) in [6.45, 7) is 4.09. The highest BCUT2D eigenvalue weighted by atomic mass is 32.2. The van der Waals surface area contributed by atoms with Crippen LogP contribution in [-0.4, -0.2) is 33.3 Å². The molecule has 24 heavy (non-hydrogen) atoms. The summed E-state index contributed by atoms with van der Waals surface area (Å²) in [6, 6.07) is 9.34. The Morgan fingerprint density at radius 1 is 1.29 bits per heavy atom. The Hall–Kier alpha value is -2.61. The average molecular weight is 344 g/mol. The molecule has 3 aromatic rings. The fraction of sp³-hybridized carbons (Fsp3) is 0.250. The molecule has 0 unspecified atom stereocenters. The van der Waals surface area contributed by atoms with Gasteiger partial charge < -0.3 is 9.15 Å². The van der Waals surface area contributed by atoms with Gasteiger partial charge in [-0.3, -0.25) is 0 Å². The van der Waals surface area contributed by atoms with Crippen molar-refractivity contribution in [3.05, 3.63) is 53.0 Å². The summed E-state index contributed by atoms with van der Waals surface area (Å²) in [5.41, 5.74) is 3.24. The molecule has 0 fully saturated rings. The lowest BCUT2D eigenvalue weighted by molar-refractivity contribution is 0.0563. The van der Waals surface area contributed by atoms with Gasteiger partial charge in [-0.2, -0.15) is 4.68 Å². The number of aromatic nitrogens is 4. The summed E-state index contributed by atoms with van der Waals surface area (Å²) < 4.78 is 11.8. The Bertz CT molecular complexity index is 872. The van der Waals surface area contributed by atoms with Gasteiger partial charge in [0.25, 0.3) is 0 Å². The van der Waals surface area contributed by atoms with Crippen LogP contribution in [0.5, 0.6) is 0 Å². The second kappa shape index (κ2) is 6.88. The van der Waals surface area contributed by atoms with E-state index in [1.807, 2.05) is 32.0 Å². The molecule has 2 heterocycles. The van der Waals surface area contributed by atoms with Crippen LogP contribution in [0, 0.1) is 13.8 Å². The van der Waals surface area contributed by atoms with Crippen molar-refractivity contribution in [2.45, 2.75) is 24.8 Å². The van der Waals surface area contributed by atoms with Crippen molar-refractivity contribution < 1.29 is 13.9 Å². The standard InChI is InChI=1S/C16H16N4O3S/c1-10-5-4-6-13(11(10)2)20-16(17-18-19-20)24-9-12-7-8-14(23-12)15(21)22-3/h4-8H,9H2,1-3H3. The molecular weight excluding hydrogens is 328 g/mol. The number of tetrazole rings is 1. The van der Waals surface area contributed by atoms with Gasteiger partial charge in [-0.05, 0) is 53.6 Å². The number of methoxy groups -OCH3 is 1. The third-order valence-corrected chi connectivity index (χ3v) is 4.58. The van der Waals surface area contributed by atoms with E-state index in [2.05, 4.69) is 20.3 Å². The molecule has 0 aliphatic carbocycles. The molecule has 0 saturated carbocycles. The van der Waals surface area contributed by atoms with Crippen molar-refractivity contribution in [1.29, 1.82) is 0 Å². The lowest BCUT2D eigenvalue weighted by atomic mass is 10.1. The number of furan rings is 1. The molecule has 1 aromatic carbocycles. The molecule has 0 radical (unpaired) electrons. The molecule has 124 valence electrons. The van der Waals surface area contributed by atoms with Crippen LogP contribution >= 0.6 is 11.8 Å². The zero-order chi connectivity index (χ0) is 17.1. The van der Waals surface area contributed by atoms with Gasteiger partial charge in [0.05, 0.1) is 18.6 Å². The van der Waals surface area contributed by atoms with Crippen molar-refractivity contribution in [2.24, 2.45) is 0 Å². The predicted molar refractivity (Wildman–Crippen MR) is 88.2 cm³/mol. The zero-order valence-corrected chi connectivity index (χ0v) is 14.3. The summed E-state index contributed by atoms with van der Waals surface area (Å²) in [5, 5.41) is 12.6. The van der Waals surface area contributed by atoms with Gasteiger partial charge in [0.15, 0.2) is 0 Å². The monoisotopic (exact) mass is 344 g/mol. The van der Waals surface area contributed by atoms with Gasteiger partial charge in [0.1, 0.15) is 5.76 Å². The second-order valence-corrected chi connectivity index (χ2v) is 6.08. The van der Waals surface area contributed by atoms with E-state index < -0.39 is 5.97 Å². The molecule has 7 nitrogen and oxygen atoms in total. The number of carbonyl (C=O) groups is 1. The van der Waals surface area contributed by atoms with Crippen molar-refractivity contribution in [1.82, 2.24) is 20.2 Å². The molecule has 2 aromatic heterocycles. The molecule has 0 atom stereocenters. The highest BCUT2D eigenvalue weighted by molar-refractivity contribution is 7.98. The van der Waals surface area contributed by atoms with E-state index in [0.717, 1.165) is 11.3 Å². The largest absolute Gasteiger partial charge is 0.463 e. The minimum absolute atomic E-state index is 0.183. The maximum atomic E-state index is 11.4. The first-order valence-electron chi connectivity index (χ1n) is 7.25. The minimum Gasteiger partial charge on any atom is -0.463 e. The molecule has 8 heteroatoms. The maximum Gasteiger partial charge on any atom is 0.373 e. The third-order valence-electron chi connectivity index (χ3n) is 3.64. The fourth-order valence-corrected chi connectivity index (χ4v) is 2.96. The van der Waals surface area contributed by atoms with Crippen molar-refractivity contribution >= 4 is 17.7 Å². The summed E-state index contributed by atoms with van der Waals surface area (Å²) in [5.74, 6) is 0.840. The van der Waals surface area contributed by atoms with E-state index in [9.17, 15) is 4.79 Å². The van der Waals surface area contributed by atoms with Crippen LogP contribution < -0.4 is 0 Å². The van der Waals surface area contributed by atoms with Crippen molar-refractivity contribution in [3.63, 3.8) is 0 Å². The molecular formula is C16H16N4O3S. The number of rotatable bonds is 5. The topological polar surface area (TPSA) is 83.0 Å². The minimum atomic E-state index is -0.494. The summed E-state index contributed by atoms with van der Waals surface area (Å²) >= 11 is 1.43. The summed E-state index contributed by atoms with van der Waals surface area (Å²) in [6.07, 6.45) is 0. The van der Waals surface area contributed by atoms with E-state index in [1.165, 1.54) is 24.4 Å². The van der Waals surface area contributed by atoms with Crippen LogP contribution in [0.3, 0.4) is 0 Å². The molecule has 0 N–H and O–H groups in total. The van der Waals surface area contributed by atoms with Crippen molar-refractivity contribution in [3.8, 4) is 5.69 Å². The van der Waals surface area contributed by atoms with Gasteiger partial charge in [0, 0.05) is 0 Å². The number of thioether (sulfide) groups is 1. The third kappa shape index (κ3) is 3.18. The number of esters is 1. The fourth-order valence-electron chi connectivity index (χ4n) is 2.19. The summed E-state index contributed by atoms with van der Waals surface area (Å²) in [4.78, 5) is 11.4. The Morgan fingerprint density at radius 3 is 2.92 bits per heavy atom. The van der Waals surface area contributed by atoms with E-state index in [-0.39, 0.29) is 5.76 Å². The first-order chi connectivity index (χ1) is 11.6. The van der Waals surface area contributed by atoms with Gasteiger partial charge in [-0.1, -0.05) is 23.9 Å². The number of benzene rings is 1. The van der Waals surface area contributed by atoms with Crippen LogP contribution in [0.15, 0.2) is 39.9 Å². The Kier molecular flexibility index (Phi) is 4.66. The molecule has 0 amide bonds.